The van der Waals surface area contributed by atoms with Gasteiger partial charge in [-0.2, -0.15) is 13.2 Å². The van der Waals surface area contributed by atoms with Crippen LogP contribution in [0.15, 0.2) is 23.7 Å². The van der Waals surface area contributed by atoms with Crippen molar-refractivity contribution in [2.45, 2.75) is 70.4 Å². The average Bonchev–Trinajstić information content (AvgIpc) is 2.78. The van der Waals surface area contributed by atoms with E-state index in [4.69, 9.17) is 9.47 Å². The van der Waals surface area contributed by atoms with Crippen LogP contribution in [-0.2, 0) is 14.3 Å². The number of ether oxygens (including phenoxy) is 2. The highest BCUT2D eigenvalue weighted by Gasteiger charge is 2.48. The Hall–Kier alpha value is -2.30. The first-order chi connectivity index (χ1) is 16.5. The van der Waals surface area contributed by atoms with Gasteiger partial charge in [0.05, 0.1) is 24.2 Å². The largest absolute Gasteiger partial charge is 0.488 e. The Labute approximate surface area is 202 Å². The van der Waals surface area contributed by atoms with Gasteiger partial charge < -0.3 is 24.6 Å². The summed E-state index contributed by atoms with van der Waals surface area (Å²) >= 11 is 0. The van der Waals surface area contributed by atoms with Gasteiger partial charge in [0.2, 0.25) is 5.91 Å². The Morgan fingerprint density at radius 3 is 2.54 bits per heavy atom. The maximum absolute atomic E-state index is 13.9. The van der Waals surface area contributed by atoms with E-state index in [1.54, 1.807) is 4.90 Å². The standard InChI is InChI=1S/C24H33F4N3O4/c1-15(24(26,27)28)3-4-19(16(2)25)35-17-11-23(12-17)6-9-30(10-7-23)22(33)31-8-5-20-18(13-31)29-21(32)14-34-20/h3-4,15,17-18,20H,5-14H2,1-2H3,(H,29,32)/b4-3-,19-16-/t15?,18-,20+/m1/s1. The van der Waals surface area contributed by atoms with Crippen LogP contribution < -0.4 is 5.32 Å². The molecule has 0 aromatic heterocycles. The number of morpholine rings is 1. The Kier molecular flexibility index (Phi) is 7.36. The Morgan fingerprint density at radius 1 is 1.23 bits per heavy atom. The second-order valence-corrected chi connectivity index (χ2v) is 10.3. The minimum Gasteiger partial charge on any atom is -0.488 e. The molecule has 7 nitrogen and oxygen atoms in total. The topological polar surface area (TPSA) is 71.1 Å². The van der Waals surface area contributed by atoms with Crippen molar-refractivity contribution in [3.63, 3.8) is 0 Å². The predicted molar refractivity (Wildman–Crippen MR) is 119 cm³/mol. The first kappa shape index (κ1) is 25.8. The van der Waals surface area contributed by atoms with Crippen LogP contribution in [0.4, 0.5) is 22.4 Å². The number of nitrogens with zero attached hydrogens (tertiary/aromatic N) is 2. The number of carbonyl (C=O) groups excluding carboxylic acids is 2. The van der Waals surface area contributed by atoms with Crippen LogP contribution in [0.2, 0.25) is 0 Å². The molecule has 35 heavy (non-hydrogen) atoms. The van der Waals surface area contributed by atoms with Crippen molar-refractivity contribution in [1.29, 1.82) is 0 Å². The smallest absolute Gasteiger partial charge is 0.394 e. The monoisotopic (exact) mass is 503 g/mol. The minimum atomic E-state index is -4.38. The molecule has 0 aromatic rings. The van der Waals surface area contributed by atoms with Crippen LogP contribution in [0, 0.1) is 11.3 Å². The molecule has 1 aliphatic carbocycles. The van der Waals surface area contributed by atoms with Crippen molar-refractivity contribution in [2.75, 3.05) is 32.8 Å². The summed E-state index contributed by atoms with van der Waals surface area (Å²) in [6.07, 6.45) is 0.952. The van der Waals surface area contributed by atoms with Gasteiger partial charge in [0.25, 0.3) is 0 Å². The zero-order valence-corrected chi connectivity index (χ0v) is 20.1. The van der Waals surface area contributed by atoms with Crippen LogP contribution in [0.3, 0.4) is 0 Å². The van der Waals surface area contributed by atoms with Crippen molar-refractivity contribution >= 4 is 11.9 Å². The van der Waals surface area contributed by atoms with E-state index in [9.17, 15) is 27.2 Å². The van der Waals surface area contributed by atoms with Gasteiger partial charge in [-0.15, -0.1) is 0 Å². The van der Waals surface area contributed by atoms with Crippen molar-refractivity contribution in [2.24, 2.45) is 11.3 Å². The molecule has 1 unspecified atom stereocenters. The summed E-state index contributed by atoms with van der Waals surface area (Å²) in [5, 5.41) is 2.91. The lowest BCUT2D eigenvalue weighted by Gasteiger charge is -2.52. The van der Waals surface area contributed by atoms with E-state index in [1.165, 1.54) is 6.92 Å². The van der Waals surface area contributed by atoms with Crippen LogP contribution in [0.1, 0.15) is 46.0 Å². The summed E-state index contributed by atoms with van der Waals surface area (Å²) in [6, 6.07) is -0.212. The van der Waals surface area contributed by atoms with E-state index >= 15 is 0 Å². The summed E-state index contributed by atoms with van der Waals surface area (Å²) in [6.45, 7) is 4.48. The van der Waals surface area contributed by atoms with Crippen molar-refractivity contribution in [1.82, 2.24) is 15.1 Å². The number of halogens is 4. The lowest BCUT2D eigenvalue weighted by molar-refractivity contribution is -0.156. The van der Waals surface area contributed by atoms with E-state index in [2.05, 4.69) is 5.32 Å². The lowest BCUT2D eigenvalue weighted by atomic mass is 9.61. The SMILES string of the molecule is C/C(F)=C(\C=C/C(C)C(F)(F)F)OC1CC2(CCN(C(=O)N3CC[C@@H]4OCC(=O)N[C@@H]4C3)CC2)C1. The summed E-state index contributed by atoms with van der Waals surface area (Å²) in [4.78, 5) is 28.3. The number of fused-ring (bicyclic) bond motifs is 1. The fourth-order valence-electron chi connectivity index (χ4n) is 5.40. The second kappa shape index (κ2) is 9.99. The molecule has 1 saturated carbocycles. The zero-order valence-electron chi connectivity index (χ0n) is 20.1. The van der Waals surface area contributed by atoms with Gasteiger partial charge in [0.15, 0.2) is 5.76 Å². The molecule has 4 rings (SSSR count). The molecule has 0 bridgehead atoms. The first-order valence-electron chi connectivity index (χ1n) is 12.2. The summed E-state index contributed by atoms with van der Waals surface area (Å²) in [5.41, 5.74) is 0.0118. The Morgan fingerprint density at radius 2 is 1.91 bits per heavy atom. The maximum atomic E-state index is 13.9. The third kappa shape index (κ3) is 5.92. The van der Waals surface area contributed by atoms with Crippen molar-refractivity contribution < 1.29 is 36.6 Å². The molecule has 196 valence electrons. The average molecular weight is 504 g/mol. The number of alkyl halides is 3. The molecule has 3 saturated heterocycles. The number of rotatable bonds is 4. The molecular formula is C24H33F4N3O4. The van der Waals surface area contributed by atoms with Crippen molar-refractivity contribution in [3.8, 4) is 0 Å². The van der Waals surface area contributed by atoms with Gasteiger partial charge in [0.1, 0.15) is 12.4 Å². The number of hydrogen-bond donors (Lipinski definition) is 1. The van der Waals surface area contributed by atoms with Crippen LogP contribution in [0.25, 0.3) is 0 Å². The maximum Gasteiger partial charge on any atom is 0.394 e. The van der Waals surface area contributed by atoms with Gasteiger partial charge in [-0.3, -0.25) is 4.79 Å². The second-order valence-electron chi connectivity index (χ2n) is 10.3. The van der Waals surface area contributed by atoms with Gasteiger partial charge in [-0.25, -0.2) is 9.18 Å². The molecule has 4 fully saturated rings. The number of amides is 3. The van der Waals surface area contributed by atoms with E-state index in [1.807, 2.05) is 4.90 Å². The van der Waals surface area contributed by atoms with Crippen LogP contribution >= 0.6 is 0 Å². The van der Waals surface area contributed by atoms with Crippen LogP contribution in [-0.4, -0.2) is 79.0 Å². The molecule has 3 aliphatic heterocycles. The molecule has 3 atom stereocenters. The minimum absolute atomic E-state index is 0.0118. The predicted octanol–water partition coefficient (Wildman–Crippen LogP) is 3.91. The molecule has 1 spiro atoms. The summed E-state index contributed by atoms with van der Waals surface area (Å²) in [7, 11) is 0. The third-order valence-electron chi connectivity index (χ3n) is 7.70. The van der Waals surface area contributed by atoms with Gasteiger partial charge in [0, 0.05) is 26.2 Å². The van der Waals surface area contributed by atoms with E-state index in [-0.39, 0.29) is 48.0 Å². The van der Waals surface area contributed by atoms with Crippen LogP contribution in [0.5, 0.6) is 0 Å². The molecule has 4 aliphatic rings. The van der Waals surface area contributed by atoms with E-state index in [0.29, 0.717) is 45.4 Å². The molecular weight excluding hydrogens is 470 g/mol. The molecule has 0 radical (unpaired) electrons. The van der Waals surface area contributed by atoms with Gasteiger partial charge in [-0.1, -0.05) is 13.0 Å². The quantitative estimate of drug-likeness (QED) is 0.359. The molecule has 0 aromatic carbocycles. The fraction of sp³-hybridized carbons (Fsp3) is 0.750. The molecule has 1 N–H and O–H groups in total. The highest BCUT2D eigenvalue weighted by atomic mass is 19.4. The van der Waals surface area contributed by atoms with Crippen molar-refractivity contribution in [3.05, 3.63) is 23.7 Å². The first-order valence-corrected chi connectivity index (χ1v) is 12.2. The number of likely N-dealkylation sites (tertiary alicyclic amines) is 2. The normalized spacial score (nSPS) is 28.8. The summed E-state index contributed by atoms with van der Waals surface area (Å²) < 4.78 is 63.3. The zero-order chi connectivity index (χ0) is 25.4. The number of urea groups is 1. The fourth-order valence-corrected chi connectivity index (χ4v) is 5.40. The molecule has 11 heteroatoms. The van der Waals surface area contributed by atoms with E-state index in [0.717, 1.165) is 31.9 Å². The summed E-state index contributed by atoms with van der Waals surface area (Å²) in [5.74, 6) is -2.66. The molecule has 3 amide bonds. The number of nitrogens with one attached hydrogen (secondary N) is 1. The number of piperidine rings is 2. The number of carbonyl (C=O) groups is 2. The third-order valence-corrected chi connectivity index (χ3v) is 7.70. The highest BCUT2D eigenvalue weighted by Crippen LogP contribution is 2.51. The highest BCUT2D eigenvalue weighted by molar-refractivity contribution is 5.79. The Balaban J connectivity index is 1.24. The number of allylic oxidation sites excluding steroid dienone is 3. The van der Waals surface area contributed by atoms with E-state index < -0.39 is 17.9 Å². The lowest BCUT2D eigenvalue weighted by Crippen LogP contribution is -2.63. The van der Waals surface area contributed by atoms with Gasteiger partial charge >= 0.3 is 12.2 Å². The Bertz CT molecular complexity index is 870. The van der Waals surface area contributed by atoms with Gasteiger partial charge in [-0.05, 0) is 50.5 Å². The molecule has 3 heterocycles. The number of hydrogen-bond acceptors (Lipinski definition) is 4.